The number of carbonyl (C=O) groups is 2. The topological polar surface area (TPSA) is 102 Å². The first-order valence-corrected chi connectivity index (χ1v) is 10.8. The molecule has 0 saturated heterocycles. The quantitative estimate of drug-likeness (QED) is 0.679. The van der Waals surface area contributed by atoms with Gasteiger partial charge in [0.15, 0.2) is 9.84 Å². The van der Waals surface area contributed by atoms with Gasteiger partial charge in [0.25, 0.3) is 0 Å². The van der Waals surface area contributed by atoms with E-state index in [4.69, 9.17) is 4.74 Å². The Hall–Kier alpha value is -2.39. The van der Waals surface area contributed by atoms with Gasteiger partial charge in [-0.15, -0.1) is 11.3 Å². The van der Waals surface area contributed by atoms with E-state index >= 15 is 0 Å². The smallest absolute Gasteiger partial charge is 0.309 e. The number of ether oxygens (including phenoxy) is 1. The minimum atomic E-state index is -3.73. The molecule has 7 nitrogen and oxygen atoms in total. The van der Waals surface area contributed by atoms with Crippen LogP contribution in [-0.2, 0) is 19.4 Å². The summed E-state index contributed by atoms with van der Waals surface area (Å²) in [5, 5.41) is 5.70. The number of hydrogen-bond donors (Lipinski definition) is 2. The monoisotopic (exact) mass is 408 g/mol. The molecule has 1 atom stereocenters. The lowest BCUT2D eigenvalue weighted by atomic mass is 10.1. The van der Waals surface area contributed by atoms with Gasteiger partial charge in [-0.1, -0.05) is 18.2 Å². The van der Waals surface area contributed by atoms with Crippen LogP contribution in [0.15, 0.2) is 46.0 Å². The number of thiophene rings is 1. The van der Waals surface area contributed by atoms with E-state index in [-0.39, 0.29) is 16.8 Å². The molecular weight excluding hydrogens is 388 g/mol. The van der Waals surface area contributed by atoms with Crippen molar-refractivity contribution < 1.29 is 22.7 Å². The van der Waals surface area contributed by atoms with Crippen LogP contribution in [0.1, 0.15) is 23.7 Å². The summed E-state index contributed by atoms with van der Waals surface area (Å²) in [7, 11) is -2.21. The van der Waals surface area contributed by atoms with Crippen molar-refractivity contribution in [1.29, 1.82) is 0 Å². The third-order valence-electron chi connectivity index (χ3n) is 4.20. The summed E-state index contributed by atoms with van der Waals surface area (Å²) >= 11 is 1.11. The zero-order chi connectivity index (χ0) is 19.4. The van der Waals surface area contributed by atoms with E-state index in [2.05, 4.69) is 10.6 Å². The summed E-state index contributed by atoms with van der Waals surface area (Å²) in [5.74, 6) is -0.972. The fraction of sp³-hybridized carbons (Fsp3) is 0.333. The highest BCUT2D eigenvalue weighted by molar-refractivity contribution is 7.93. The number of rotatable bonds is 7. The number of sulfone groups is 1. The van der Waals surface area contributed by atoms with Crippen LogP contribution in [0.25, 0.3) is 0 Å². The maximum Gasteiger partial charge on any atom is 0.309 e. The van der Waals surface area contributed by atoms with E-state index in [0.29, 0.717) is 11.3 Å². The summed E-state index contributed by atoms with van der Waals surface area (Å²) in [6.07, 6.45) is 1.72. The number of methoxy groups -OCH3 is 1. The Kier molecular flexibility index (Phi) is 5.81. The molecule has 3 rings (SSSR count). The molecule has 1 heterocycles. The van der Waals surface area contributed by atoms with E-state index in [9.17, 15) is 18.0 Å². The second kappa shape index (κ2) is 8.10. The molecule has 2 aromatic rings. The Morgan fingerprint density at radius 3 is 2.44 bits per heavy atom. The van der Waals surface area contributed by atoms with Crippen LogP contribution in [0, 0.1) is 0 Å². The molecule has 0 bridgehead atoms. The Bertz CT molecular complexity index is 904. The predicted molar refractivity (Wildman–Crippen MR) is 101 cm³/mol. The number of carbonyl (C=O) groups excluding carboxylic acids is 2. The lowest BCUT2D eigenvalue weighted by Gasteiger charge is -2.18. The SMILES string of the molecule is COc1ccc([C@H](CNC(=O)C(=O)NC2CC2)S(=O)(=O)c2cccs2)cc1. The molecule has 144 valence electrons. The molecule has 0 aliphatic heterocycles. The molecule has 2 amide bonds. The second-order valence-corrected chi connectivity index (χ2v) is 9.50. The third kappa shape index (κ3) is 4.67. The van der Waals surface area contributed by atoms with Crippen LogP contribution >= 0.6 is 11.3 Å². The third-order valence-corrected chi connectivity index (χ3v) is 7.74. The lowest BCUT2D eigenvalue weighted by Crippen LogP contribution is -2.43. The summed E-state index contributed by atoms with van der Waals surface area (Å²) in [6, 6.07) is 9.84. The molecule has 0 spiro atoms. The Labute approximate surface area is 161 Å². The van der Waals surface area contributed by atoms with E-state index in [1.165, 1.54) is 13.2 Å². The molecule has 1 saturated carbocycles. The van der Waals surface area contributed by atoms with E-state index < -0.39 is 26.9 Å². The van der Waals surface area contributed by atoms with Gasteiger partial charge in [0.1, 0.15) is 15.2 Å². The van der Waals surface area contributed by atoms with Crippen molar-refractivity contribution in [1.82, 2.24) is 10.6 Å². The minimum absolute atomic E-state index is 0.0514. The molecular formula is C18H20N2O5S2. The molecule has 0 radical (unpaired) electrons. The van der Waals surface area contributed by atoms with Crippen LogP contribution in [0.2, 0.25) is 0 Å². The number of nitrogens with one attached hydrogen (secondary N) is 2. The summed E-state index contributed by atoms with van der Waals surface area (Å²) in [6.45, 7) is -0.205. The Morgan fingerprint density at radius 1 is 1.19 bits per heavy atom. The first-order valence-electron chi connectivity index (χ1n) is 8.42. The first-order chi connectivity index (χ1) is 12.9. The van der Waals surface area contributed by atoms with Crippen LogP contribution in [-0.4, -0.2) is 39.9 Å². The van der Waals surface area contributed by atoms with Crippen molar-refractivity contribution in [3.8, 4) is 5.75 Å². The van der Waals surface area contributed by atoms with Crippen molar-refractivity contribution in [3.63, 3.8) is 0 Å². The van der Waals surface area contributed by atoms with Crippen LogP contribution in [0.3, 0.4) is 0 Å². The van der Waals surface area contributed by atoms with Gasteiger partial charge in [0.2, 0.25) is 0 Å². The van der Waals surface area contributed by atoms with Gasteiger partial charge in [0, 0.05) is 12.6 Å². The molecule has 9 heteroatoms. The number of hydrogen-bond acceptors (Lipinski definition) is 6. The van der Waals surface area contributed by atoms with Crippen molar-refractivity contribution in [2.24, 2.45) is 0 Å². The highest BCUT2D eigenvalue weighted by Crippen LogP contribution is 2.32. The molecule has 1 aliphatic carbocycles. The number of benzene rings is 1. The van der Waals surface area contributed by atoms with E-state index in [1.807, 2.05) is 0 Å². The highest BCUT2D eigenvalue weighted by atomic mass is 32.2. The van der Waals surface area contributed by atoms with Crippen molar-refractivity contribution in [3.05, 3.63) is 47.3 Å². The zero-order valence-corrected chi connectivity index (χ0v) is 16.3. The van der Waals surface area contributed by atoms with Gasteiger partial charge in [-0.05, 0) is 42.0 Å². The summed E-state index contributed by atoms with van der Waals surface area (Å²) in [4.78, 5) is 23.8. The molecule has 0 unspecified atom stereocenters. The van der Waals surface area contributed by atoms with Crippen molar-refractivity contribution in [2.45, 2.75) is 28.3 Å². The van der Waals surface area contributed by atoms with Crippen LogP contribution in [0.4, 0.5) is 0 Å². The first kappa shape index (κ1) is 19.4. The van der Waals surface area contributed by atoms with Gasteiger partial charge in [-0.2, -0.15) is 0 Å². The minimum Gasteiger partial charge on any atom is -0.497 e. The second-order valence-electron chi connectivity index (χ2n) is 6.20. The van der Waals surface area contributed by atoms with Crippen molar-refractivity contribution in [2.75, 3.05) is 13.7 Å². The fourth-order valence-corrected chi connectivity index (χ4v) is 5.40. The highest BCUT2D eigenvalue weighted by Gasteiger charge is 2.32. The Morgan fingerprint density at radius 2 is 1.89 bits per heavy atom. The fourth-order valence-electron chi connectivity index (χ4n) is 2.54. The average molecular weight is 409 g/mol. The van der Waals surface area contributed by atoms with Gasteiger partial charge >= 0.3 is 11.8 Å². The number of amides is 2. The molecule has 27 heavy (non-hydrogen) atoms. The van der Waals surface area contributed by atoms with Gasteiger partial charge in [-0.3, -0.25) is 9.59 Å². The predicted octanol–water partition coefficient (Wildman–Crippen LogP) is 1.67. The largest absolute Gasteiger partial charge is 0.497 e. The molecule has 1 fully saturated rings. The van der Waals surface area contributed by atoms with Gasteiger partial charge in [-0.25, -0.2) is 8.42 Å². The normalized spacial score (nSPS) is 15.0. The van der Waals surface area contributed by atoms with Crippen LogP contribution in [0.5, 0.6) is 5.75 Å². The zero-order valence-electron chi connectivity index (χ0n) is 14.7. The summed E-state index contributed by atoms with van der Waals surface area (Å²) < 4.78 is 31.4. The summed E-state index contributed by atoms with van der Waals surface area (Å²) in [5.41, 5.74) is 0.507. The molecule has 2 N–H and O–H groups in total. The lowest BCUT2D eigenvalue weighted by molar-refractivity contribution is -0.139. The molecule has 1 aliphatic rings. The average Bonchev–Trinajstić information content (AvgIpc) is 3.29. The van der Waals surface area contributed by atoms with Gasteiger partial charge in [0.05, 0.1) is 7.11 Å². The van der Waals surface area contributed by atoms with E-state index in [1.54, 1.807) is 35.7 Å². The maximum atomic E-state index is 13.0. The molecule has 1 aromatic heterocycles. The maximum absolute atomic E-state index is 13.0. The molecule has 1 aromatic carbocycles. The van der Waals surface area contributed by atoms with Gasteiger partial charge < -0.3 is 15.4 Å². The standard InChI is InChI=1S/C18H20N2O5S2/c1-25-14-8-4-12(5-9-14)15(27(23,24)16-3-2-10-26-16)11-19-17(21)18(22)20-13-6-7-13/h2-5,8-10,13,15H,6-7,11H2,1H3,(H,19,21)(H,20,22)/t15-/m0/s1. The van der Waals surface area contributed by atoms with E-state index in [0.717, 1.165) is 24.2 Å². The van der Waals surface area contributed by atoms with Crippen molar-refractivity contribution >= 4 is 33.0 Å². The Balaban J connectivity index is 1.80. The van der Waals surface area contributed by atoms with Crippen LogP contribution < -0.4 is 15.4 Å².